The van der Waals surface area contributed by atoms with Gasteiger partial charge in [0.2, 0.25) is 11.8 Å². The first-order valence-electron chi connectivity index (χ1n) is 10.4. The van der Waals surface area contributed by atoms with E-state index in [0.717, 1.165) is 6.07 Å². The monoisotopic (exact) mass is 498 g/mol. The molecule has 4 rings (SSSR count). The fourth-order valence-electron chi connectivity index (χ4n) is 3.17. The van der Waals surface area contributed by atoms with Gasteiger partial charge in [0.05, 0.1) is 11.1 Å². The highest BCUT2D eigenvalue weighted by atomic mass is 19.4. The Hall–Kier alpha value is -4.61. The Bertz CT molecular complexity index is 1430. The smallest absolute Gasteiger partial charge is 0.419 e. The lowest BCUT2D eigenvalue weighted by molar-refractivity contribution is -0.139. The Labute approximate surface area is 202 Å². The summed E-state index contributed by atoms with van der Waals surface area (Å²) in [5.74, 6) is -1.05. The minimum atomic E-state index is -4.90. The van der Waals surface area contributed by atoms with Crippen molar-refractivity contribution >= 4 is 17.5 Å². The van der Waals surface area contributed by atoms with E-state index in [9.17, 15) is 22.4 Å². The summed E-state index contributed by atoms with van der Waals surface area (Å²) in [5, 5.41) is 5.17. The summed E-state index contributed by atoms with van der Waals surface area (Å²) >= 11 is 0. The summed E-state index contributed by atoms with van der Waals surface area (Å²) in [6, 6.07) is 10.1. The Morgan fingerprint density at radius 2 is 1.83 bits per heavy atom. The predicted molar refractivity (Wildman–Crippen MR) is 123 cm³/mol. The van der Waals surface area contributed by atoms with E-state index in [4.69, 9.17) is 4.74 Å². The van der Waals surface area contributed by atoms with Crippen LogP contribution >= 0.6 is 0 Å². The van der Waals surface area contributed by atoms with Gasteiger partial charge < -0.3 is 15.4 Å². The van der Waals surface area contributed by atoms with E-state index in [1.807, 2.05) is 0 Å². The second-order valence-electron chi connectivity index (χ2n) is 7.47. The van der Waals surface area contributed by atoms with E-state index in [2.05, 4.69) is 30.6 Å². The molecule has 36 heavy (non-hydrogen) atoms. The van der Waals surface area contributed by atoms with E-state index in [1.165, 1.54) is 24.7 Å². The highest BCUT2D eigenvalue weighted by Gasteiger charge is 2.34. The van der Waals surface area contributed by atoms with Gasteiger partial charge in [-0.05, 0) is 55.0 Å². The molecular formula is C24H18F4N6O2. The van der Waals surface area contributed by atoms with Gasteiger partial charge in [0.25, 0.3) is 5.91 Å². The minimum Gasteiger partial charge on any atom is -0.438 e. The van der Waals surface area contributed by atoms with Crippen LogP contribution in [0.2, 0.25) is 0 Å². The first-order valence-corrected chi connectivity index (χ1v) is 10.4. The number of carbonyl (C=O) groups excluding carboxylic acids is 1. The molecular weight excluding hydrogens is 480 g/mol. The summed E-state index contributed by atoms with van der Waals surface area (Å²) in [6.07, 6.45) is -2.05. The molecule has 0 aliphatic carbocycles. The lowest BCUT2D eigenvalue weighted by Gasteiger charge is -2.13. The molecule has 1 amide bonds. The zero-order valence-electron chi connectivity index (χ0n) is 18.9. The standard InChI is InChI=1S/C24H18F4N6O2/c1-13-5-6-14(21(35)33-15-7-8-18(25)17(11-15)24(26,27)28)10-19(13)36-22-16(4-3-9-30-22)20-31-12-32-23(29-2)34-20/h3-12H,1-2H3,(H,33,35)(H,29,31,32,34). The molecule has 0 atom stereocenters. The lowest BCUT2D eigenvalue weighted by atomic mass is 10.1. The zero-order valence-corrected chi connectivity index (χ0v) is 18.9. The van der Waals surface area contributed by atoms with E-state index in [0.29, 0.717) is 35.0 Å². The molecule has 184 valence electrons. The number of nitrogens with zero attached hydrogens (tertiary/aromatic N) is 4. The van der Waals surface area contributed by atoms with Gasteiger partial charge in [-0.2, -0.15) is 18.2 Å². The van der Waals surface area contributed by atoms with Crippen molar-refractivity contribution in [1.82, 2.24) is 19.9 Å². The number of amides is 1. The maximum atomic E-state index is 13.6. The maximum absolute atomic E-state index is 13.6. The van der Waals surface area contributed by atoms with Gasteiger partial charge in [0, 0.05) is 24.5 Å². The number of halogens is 4. The van der Waals surface area contributed by atoms with Crippen LogP contribution in [0.4, 0.5) is 29.2 Å². The molecule has 4 aromatic rings. The third kappa shape index (κ3) is 5.37. The molecule has 0 saturated carbocycles. The summed E-state index contributed by atoms with van der Waals surface area (Å²) in [6.45, 7) is 1.75. The number of aromatic nitrogens is 4. The first-order chi connectivity index (χ1) is 17.2. The number of carbonyl (C=O) groups is 1. The fourth-order valence-corrected chi connectivity index (χ4v) is 3.17. The molecule has 12 heteroatoms. The van der Waals surface area contributed by atoms with Crippen molar-refractivity contribution in [3.63, 3.8) is 0 Å². The van der Waals surface area contributed by atoms with Crippen molar-refractivity contribution in [3.05, 3.63) is 83.6 Å². The Kier molecular flexibility index (Phi) is 6.77. The molecule has 0 bridgehead atoms. The van der Waals surface area contributed by atoms with Crippen LogP contribution in [0.3, 0.4) is 0 Å². The largest absolute Gasteiger partial charge is 0.438 e. The van der Waals surface area contributed by atoms with Crippen LogP contribution in [0.25, 0.3) is 11.4 Å². The van der Waals surface area contributed by atoms with Crippen molar-refractivity contribution in [2.45, 2.75) is 13.1 Å². The van der Waals surface area contributed by atoms with Crippen LogP contribution in [-0.2, 0) is 6.18 Å². The molecule has 8 nitrogen and oxygen atoms in total. The van der Waals surface area contributed by atoms with Gasteiger partial charge in [-0.25, -0.2) is 19.3 Å². The number of benzene rings is 2. The summed E-state index contributed by atoms with van der Waals surface area (Å²) in [5.41, 5.74) is -0.453. The summed E-state index contributed by atoms with van der Waals surface area (Å²) < 4.78 is 58.5. The highest BCUT2D eigenvalue weighted by molar-refractivity contribution is 6.04. The second-order valence-corrected chi connectivity index (χ2v) is 7.47. The zero-order chi connectivity index (χ0) is 25.9. The second kappa shape index (κ2) is 9.94. The van der Waals surface area contributed by atoms with Gasteiger partial charge in [-0.15, -0.1) is 0 Å². The fraction of sp³-hybridized carbons (Fsp3) is 0.125. The quantitative estimate of drug-likeness (QED) is 0.339. The summed E-state index contributed by atoms with van der Waals surface area (Å²) in [7, 11) is 1.66. The number of anilines is 2. The number of pyridine rings is 1. The molecule has 0 aliphatic rings. The normalized spacial score (nSPS) is 11.2. The third-order valence-electron chi connectivity index (χ3n) is 4.99. The van der Waals surface area contributed by atoms with Gasteiger partial charge in [0.1, 0.15) is 17.9 Å². The minimum absolute atomic E-state index is 0.101. The number of rotatable bonds is 6. The Balaban J connectivity index is 1.61. The Morgan fingerprint density at radius 1 is 1.03 bits per heavy atom. The van der Waals surface area contributed by atoms with E-state index >= 15 is 0 Å². The third-order valence-corrected chi connectivity index (χ3v) is 4.99. The molecule has 0 spiro atoms. The van der Waals surface area contributed by atoms with Crippen LogP contribution in [0.5, 0.6) is 11.6 Å². The first kappa shape index (κ1) is 24.5. The average molecular weight is 498 g/mol. The molecule has 0 saturated heterocycles. The van der Waals surface area contributed by atoms with E-state index < -0.39 is 23.5 Å². The number of aryl methyl sites for hydroxylation is 1. The molecule has 2 heterocycles. The predicted octanol–water partition coefficient (Wildman–Crippen LogP) is 5.49. The van der Waals surface area contributed by atoms with Crippen LogP contribution < -0.4 is 15.4 Å². The number of alkyl halides is 3. The van der Waals surface area contributed by atoms with Gasteiger partial charge >= 0.3 is 6.18 Å². The molecule has 2 aromatic carbocycles. The maximum Gasteiger partial charge on any atom is 0.419 e. The van der Waals surface area contributed by atoms with Crippen LogP contribution in [0.15, 0.2) is 61.1 Å². The SMILES string of the molecule is CNc1ncnc(-c2cccnc2Oc2cc(C(=O)Nc3ccc(F)c(C(F)(F)F)c3)ccc2C)n1. The van der Waals surface area contributed by atoms with Crippen molar-refractivity contribution < 1.29 is 27.1 Å². The van der Waals surface area contributed by atoms with Crippen molar-refractivity contribution in [2.75, 3.05) is 17.7 Å². The highest BCUT2D eigenvalue weighted by Crippen LogP contribution is 2.34. The van der Waals surface area contributed by atoms with Gasteiger partial charge in [-0.3, -0.25) is 4.79 Å². The number of hydrogen-bond acceptors (Lipinski definition) is 7. The molecule has 0 aliphatic heterocycles. The number of hydrogen-bond donors (Lipinski definition) is 2. The molecule has 0 fully saturated rings. The summed E-state index contributed by atoms with van der Waals surface area (Å²) in [4.78, 5) is 29.4. The van der Waals surface area contributed by atoms with Crippen molar-refractivity contribution in [3.8, 4) is 23.0 Å². The number of nitrogens with one attached hydrogen (secondary N) is 2. The van der Waals surface area contributed by atoms with E-state index in [-0.39, 0.29) is 22.9 Å². The van der Waals surface area contributed by atoms with Gasteiger partial charge in [0.15, 0.2) is 5.82 Å². The van der Waals surface area contributed by atoms with Gasteiger partial charge in [-0.1, -0.05) is 6.07 Å². The van der Waals surface area contributed by atoms with Crippen molar-refractivity contribution in [2.24, 2.45) is 0 Å². The van der Waals surface area contributed by atoms with Crippen LogP contribution in [-0.4, -0.2) is 32.9 Å². The van der Waals surface area contributed by atoms with Crippen LogP contribution in [0.1, 0.15) is 21.5 Å². The Morgan fingerprint density at radius 3 is 2.58 bits per heavy atom. The lowest BCUT2D eigenvalue weighted by Crippen LogP contribution is -2.14. The molecule has 0 unspecified atom stereocenters. The average Bonchev–Trinajstić information content (AvgIpc) is 2.86. The molecule has 2 N–H and O–H groups in total. The molecule has 2 aromatic heterocycles. The molecule has 0 radical (unpaired) electrons. The number of ether oxygens (including phenoxy) is 1. The topological polar surface area (TPSA) is 102 Å². The van der Waals surface area contributed by atoms with E-state index in [1.54, 1.807) is 32.2 Å². The van der Waals surface area contributed by atoms with Crippen LogP contribution in [0, 0.1) is 12.7 Å². The van der Waals surface area contributed by atoms with Crippen molar-refractivity contribution in [1.29, 1.82) is 0 Å².